The summed E-state index contributed by atoms with van der Waals surface area (Å²) >= 11 is 6.08. The van der Waals surface area contributed by atoms with E-state index in [4.69, 9.17) is 16.3 Å². The topological polar surface area (TPSA) is 41.6 Å². The monoisotopic (exact) mass is 282 g/mol. The van der Waals surface area contributed by atoms with Crippen LogP contribution in [0.5, 0.6) is 0 Å². The van der Waals surface area contributed by atoms with E-state index in [2.05, 4.69) is 5.32 Å². The molecular formula is C14H19ClN2O2. The van der Waals surface area contributed by atoms with Crippen molar-refractivity contribution in [2.24, 2.45) is 0 Å². The summed E-state index contributed by atoms with van der Waals surface area (Å²) < 4.78 is 5.47. The number of hydrogen-bond donors (Lipinski definition) is 1. The molecule has 1 aliphatic rings. The molecule has 1 atom stereocenters. The first-order chi connectivity index (χ1) is 9.16. The zero-order chi connectivity index (χ0) is 13.7. The number of carbonyl (C=O) groups is 1. The maximum atomic E-state index is 11.9. The molecule has 0 aliphatic carbocycles. The van der Waals surface area contributed by atoms with Gasteiger partial charge in [-0.2, -0.15) is 0 Å². The number of carbonyl (C=O) groups excluding carboxylic acids is 1. The van der Waals surface area contributed by atoms with Gasteiger partial charge < -0.3 is 15.0 Å². The number of benzene rings is 1. The van der Waals surface area contributed by atoms with Crippen molar-refractivity contribution in [3.05, 3.63) is 34.9 Å². The summed E-state index contributed by atoms with van der Waals surface area (Å²) in [6.45, 7) is 1.87. The predicted molar refractivity (Wildman–Crippen MR) is 75.3 cm³/mol. The molecule has 1 unspecified atom stereocenters. The lowest BCUT2D eigenvalue weighted by Crippen LogP contribution is -2.40. The molecule has 19 heavy (non-hydrogen) atoms. The molecule has 2 rings (SSSR count). The van der Waals surface area contributed by atoms with E-state index >= 15 is 0 Å². The van der Waals surface area contributed by atoms with Gasteiger partial charge >= 0.3 is 6.03 Å². The fraction of sp³-hybridized carbons (Fsp3) is 0.500. The van der Waals surface area contributed by atoms with Gasteiger partial charge in [0.1, 0.15) is 0 Å². The molecule has 2 amide bonds. The molecule has 0 saturated carbocycles. The lowest BCUT2D eigenvalue weighted by atomic mass is 10.2. The number of hydrogen-bond acceptors (Lipinski definition) is 2. The van der Waals surface area contributed by atoms with Gasteiger partial charge in [0.05, 0.1) is 6.10 Å². The average Bonchev–Trinajstić information content (AvgIpc) is 2.91. The van der Waals surface area contributed by atoms with Crippen molar-refractivity contribution in [1.29, 1.82) is 0 Å². The van der Waals surface area contributed by atoms with Crippen molar-refractivity contribution < 1.29 is 9.53 Å². The van der Waals surface area contributed by atoms with Crippen LogP contribution in [0.15, 0.2) is 24.3 Å². The fourth-order valence-electron chi connectivity index (χ4n) is 2.10. The van der Waals surface area contributed by atoms with E-state index in [1.165, 1.54) is 0 Å². The smallest absolute Gasteiger partial charge is 0.317 e. The summed E-state index contributed by atoms with van der Waals surface area (Å²) in [5, 5.41) is 3.56. The Morgan fingerprint density at radius 2 is 2.32 bits per heavy atom. The first-order valence-corrected chi connectivity index (χ1v) is 6.88. The average molecular weight is 283 g/mol. The Morgan fingerprint density at radius 1 is 1.53 bits per heavy atom. The number of amides is 2. The van der Waals surface area contributed by atoms with Crippen molar-refractivity contribution in [3.8, 4) is 0 Å². The lowest BCUT2D eigenvalue weighted by Gasteiger charge is -2.20. The second kappa shape index (κ2) is 6.78. The first-order valence-electron chi connectivity index (χ1n) is 6.51. The summed E-state index contributed by atoms with van der Waals surface area (Å²) in [4.78, 5) is 13.6. The Balaban J connectivity index is 1.80. The minimum atomic E-state index is -0.101. The van der Waals surface area contributed by atoms with Crippen molar-refractivity contribution in [3.63, 3.8) is 0 Å². The number of ether oxygens (including phenoxy) is 1. The van der Waals surface area contributed by atoms with Crippen LogP contribution >= 0.6 is 11.6 Å². The molecule has 0 radical (unpaired) electrons. The van der Waals surface area contributed by atoms with Gasteiger partial charge in [-0.3, -0.25) is 0 Å². The Labute approximate surface area is 118 Å². The predicted octanol–water partition coefficient (Wildman–Crippen LogP) is 2.66. The van der Waals surface area contributed by atoms with Crippen LogP contribution in [-0.2, 0) is 11.3 Å². The van der Waals surface area contributed by atoms with Gasteiger partial charge in [-0.05, 0) is 24.5 Å². The number of nitrogens with zero attached hydrogens (tertiary/aromatic N) is 1. The SMILES string of the molecule is CN(Cc1ccccc1Cl)C(=O)NCC1CCCO1. The van der Waals surface area contributed by atoms with E-state index in [0.717, 1.165) is 25.0 Å². The molecule has 1 fully saturated rings. The van der Waals surface area contributed by atoms with Gasteiger partial charge in [0.25, 0.3) is 0 Å². The fourth-order valence-corrected chi connectivity index (χ4v) is 2.29. The third kappa shape index (κ3) is 4.11. The van der Waals surface area contributed by atoms with Crippen molar-refractivity contribution in [1.82, 2.24) is 10.2 Å². The normalized spacial score (nSPS) is 18.3. The van der Waals surface area contributed by atoms with Gasteiger partial charge in [-0.25, -0.2) is 4.79 Å². The Morgan fingerprint density at radius 3 is 3.00 bits per heavy atom. The van der Waals surface area contributed by atoms with E-state index in [0.29, 0.717) is 18.1 Å². The highest BCUT2D eigenvalue weighted by Gasteiger charge is 2.17. The molecule has 1 N–H and O–H groups in total. The van der Waals surface area contributed by atoms with Crippen molar-refractivity contribution >= 4 is 17.6 Å². The van der Waals surface area contributed by atoms with E-state index in [1.54, 1.807) is 11.9 Å². The molecule has 1 aromatic rings. The highest BCUT2D eigenvalue weighted by Crippen LogP contribution is 2.16. The van der Waals surface area contributed by atoms with Gasteiger partial charge in [-0.15, -0.1) is 0 Å². The van der Waals surface area contributed by atoms with Gasteiger partial charge in [0.2, 0.25) is 0 Å². The quantitative estimate of drug-likeness (QED) is 0.922. The zero-order valence-corrected chi connectivity index (χ0v) is 11.8. The number of nitrogens with one attached hydrogen (secondary N) is 1. The van der Waals surface area contributed by atoms with Crippen LogP contribution in [0.4, 0.5) is 4.79 Å². The van der Waals surface area contributed by atoms with E-state index in [9.17, 15) is 4.79 Å². The van der Waals surface area contributed by atoms with Crippen molar-refractivity contribution in [2.75, 3.05) is 20.2 Å². The maximum absolute atomic E-state index is 11.9. The van der Waals surface area contributed by atoms with Crippen molar-refractivity contribution in [2.45, 2.75) is 25.5 Å². The van der Waals surface area contributed by atoms with E-state index in [-0.39, 0.29) is 12.1 Å². The Bertz CT molecular complexity index is 433. The Kier molecular flexibility index (Phi) is 5.05. The molecule has 0 aromatic heterocycles. The summed E-state index contributed by atoms with van der Waals surface area (Å²) in [5.41, 5.74) is 0.943. The maximum Gasteiger partial charge on any atom is 0.317 e. The molecule has 0 spiro atoms. The van der Waals surface area contributed by atoms with Gasteiger partial charge in [0, 0.05) is 31.8 Å². The molecule has 4 nitrogen and oxygen atoms in total. The highest BCUT2D eigenvalue weighted by molar-refractivity contribution is 6.31. The molecule has 0 bridgehead atoms. The second-order valence-corrected chi connectivity index (χ2v) is 5.18. The Hall–Kier alpha value is -1.26. The molecule has 1 aliphatic heterocycles. The van der Waals surface area contributed by atoms with E-state index in [1.807, 2.05) is 24.3 Å². The number of halogens is 1. The molecule has 104 valence electrons. The summed E-state index contributed by atoms with van der Waals surface area (Å²) in [7, 11) is 1.76. The number of urea groups is 1. The molecule has 5 heteroatoms. The minimum Gasteiger partial charge on any atom is -0.376 e. The van der Waals surface area contributed by atoms with Crippen LogP contribution in [0, 0.1) is 0 Å². The van der Waals surface area contributed by atoms with Crippen LogP contribution < -0.4 is 5.32 Å². The summed E-state index contributed by atoms with van der Waals surface area (Å²) in [6, 6.07) is 7.44. The second-order valence-electron chi connectivity index (χ2n) is 4.77. The summed E-state index contributed by atoms with van der Waals surface area (Å²) in [5.74, 6) is 0. The van der Waals surface area contributed by atoms with Crippen LogP contribution in [0.1, 0.15) is 18.4 Å². The summed E-state index contributed by atoms with van der Waals surface area (Å²) in [6.07, 6.45) is 2.27. The standard InChI is InChI=1S/C14H19ClN2O2/c1-17(10-11-5-2-3-7-13(11)15)14(18)16-9-12-6-4-8-19-12/h2-3,5,7,12H,4,6,8-10H2,1H3,(H,16,18). The zero-order valence-electron chi connectivity index (χ0n) is 11.1. The first kappa shape index (κ1) is 14.2. The highest BCUT2D eigenvalue weighted by atomic mass is 35.5. The molecular weight excluding hydrogens is 264 g/mol. The van der Waals surface area contributed by atoms with Crippen LogP contribution in [0.3, 0.4) is 0 Å². The van der Waals surface area contributed by atoms with Crippen LogP contribution in [0.25, 0.3) is 0 Å². The largest absolute Gasteiger partial charge is 0.376 e. The third-order valence-electron chi connectivity index (χ3n) is 3.22. The van der Waals surface area contributed by atoms with Crippen LogP contribution in [-0.4, -0.2) is 37.2 Å². The minimum absolute atomic E-state index is 0.101. The van der Waals surface area contributed by atoms with Gasteiger partial charge in [0.15, 0.2) is 0 Å². The lowest BCUT2D eigenvalue weighted by molar-refractivity contribution is 0.109. The molecule has 1 heterocycles. The molecule has 1 saturated heterocycles. The van der Waals surface area contributed by atoms with E-state index < -0.39 is 0 Å². The number of rotatable bonds is 4. The molecule has 1 aromatic carbocycles. The third-order valence-corrected chi connectivity index (χ3v) is 3.59. The van der Waals surface area contributed by atoms with Crippen LogP contribution in [0.2, 0.25) is 5.02 Å². The van der Waals surface area contributed by atoms with Gasteiger partial charge in [-0.1, -0.05) is 29.8 Å².